The van der Waals surface area contributed by atoms with Crippen molar-refractivity contribution in [1.29, 1.82) is 0 Å². The van der Waals surface area contributed by atoms with Gasteiger partial charge in [0.15, 0.2) is 11.8 Å². The van der Waals surface area contributed by atoms with Crippen LogP contribution in [-0.4, -0.2) is 53.8 Å². The topological polar surface area (TPSA) is 87.8 Å². The van der Waals surface area contributed by atoms with E-state index < -0.39 is 0 Å². The number of ether oxygens (including phenoxy) is 1. The van der Waals surface area contributed by atoms with E-state index in [2.05, 4.69) is 49.9 Å². The van der Waals surface area contributed by atoms with Gasteiger partial charge in [-0.2, -0.15) is 4.98 Å². The predicted octanol–water partition coefficient (Wildman–Crippen LogP) is 1.47. The number of benzene rings is 1. The molecule has 0 bridgehead atoms. The first-order chi connectivity index (χ1) is 13.2. The average Bonchev–Trinajstić information content (AvgIpc) is 3.11. The standard InChI is InChI=1S/C19H28N6O2/c1-3-20-19(22-13-18-23-15(2)27-24-18)21-12-16-6-4-5-7-17(16)14-25-8-10-26-11-9-25/h4-7H,3,8-14H2,1-2H3,(H2,20,21,22). The van der Waals surface area contributed by atoms with Crippen molar-refractivity contribution < 1.29 is 9.26 Å². The molecule has 2 aromatic rings. The maximum atomic E-state index is 5.44. The van der Waals surface area contributed by atoms with E-state index in [1.807, 2.05) is 6.92 Å². The van der Waals surface area contributed by atoms with Crippen LogP contribution in [0, 0.1) is 6.92 Å². The number of nitrogens with zero attached hydrogens (tertiary/aromatic N) is 4. The summed E-state index contributed by atoms with van der Waals surface area (Å²) < 4.78 is 10.4. The number of guanidine groups is 1. The highest BCUT2D eigenvalue weighted by molar-refractivity contribution is 5.79. The molecule has 1 aliphatic rings. The molecule has 0 saturated carbocycles. The Morgan fingerprint density at radius 2 is 1.96 bits per heavy atom. The fraction of sp³-hybridized carbons (Fsp3) is 0.526. The Balaban J connectivity index is 1.62. The van der Waals surface area contributed by atoms with Gasteiger partial charge in [0.25, 0.3) is 0 Å². The molecule has 0 atom stereocenters. The number of rotatable bonds is 7. The van der Waals surface area contributed by atoms with E-state index >= 15 is 0 Å². The second-order valence-corrected chi connectivity index (χ2v) is 6.44. The number of aryl methyl sites for hydroxylation is 1. The predicted molar refractivity (Wildman–Crippen MR) is 103 cm³/mol. The van der Waals surface area contributed by atoms with Gasteiger partial charge in [-0.1, -0.05) is 29.4 Å². The van der Waals surface area contributed by atoms with E-state index in [1.54, 1.807) is 6.92 Å². The Hall–Kier alpha value is -2.45. The fourth-order valence-corrected chi connectivity index (χ4v) is 2.95. The van der Waals surface area contributed by atoms with Crippen LogP contribution in [0.2, 0.25) is 0 Å². The molecule has 8 heteroatoms. The Labute approximate surface area is 160 Å². The smallest absolute Gasteiger partial charge is 0.223 e. The molecule has 1 aliphatic heterocycles. The molecule has 0 radical (unpaired) electrons. The molecule has 2 N–H and O–H groups in total. The minimum atomic E-state index is 0.471. The molecule has 8 nitrogen and oxygen atoms in total. The molecule has 1 saturated heterocycles. The molecule has 0 unspecified atom stereocenters. The van der Waals surface area contributed by atoms with Crippen LogP contribution < -0.4 is 10.6 Å². The summed E-state index contributed by atoms with van der Waals surface area (Å²) in [6.45, 7) is 10.2. The van der Waals surface area contributed by atoms with E-state index in [-0.39, 0.29) is 0 Å². The summed E-state index contributed by atoms with van der Waals surface area (Å²) in [4.78, 5) is 11.4. The van der Waals surface area contributed by atoms with Crippen LogP contribution in [-0.2, 0) is 24.4 Å². The fourth-order valence-electron chi connectivity index (χ4n) is 2.95. The quantitative estimate of drug-likeness (QED) is 0.562. The molecule has 146 valence electrons. The summed E-state index contributed by atoms with van der Waals surface area (Å²) >= 11 is 0. The van der Waals surface area contributed by atoms with E-state index in [4.69, 9.17) is 14.3 Å². The maximum Gasteiger partial charge on any atom is 0.223 e. The van der Waals surface area contributed by atoms with Crippen LogP contribution >= 0.6 is 0 Å². The summed E-state index contributed by atoms with van der Waals surface area (Å²) in [5.74, 6) is 1.91. The SMILES string of the molecule is CCNC(=NCc1ccccc1CN1CCOCC1)NCc1noc(C)n1. The van der Waals surface area contributed by atoms with Gasteiger partial charge in [0, 0.05) is 33.1 Å². The summed E-state index contributed by atoms with van der Waals surface area (Å²) in [5, 5.41) is 10.4. The third kappa shape index (κ3) is 6.04. The van der Waals surface area contributed by atoms with Gasteiger partial charge in [-0.3, -0.25) is 4.90 Å². The van der Waals surface area contributed by atoms with Crippen molar-refractivity contribution in [2.24, 2.45) is 4.99 Å². The van der Waals surface area contributed by atoms with Crippen molar-refractivity contribution in [2.45, 2.75) is 33.5 Å². The van der Waals surface area contributed by atoms with Crippen LogP contribution in [0.3, 0.4) is 0 Å². The summed E-state index contributed by atoms with van der Waals surface area (Å²) in [5.41, 5.74) is 2.55. The minimum Gasteiger partial charge on any atom is -0.379 e. The lowest BCUT2D eigenvalue weighted by atomic mass is 10.1. The van der Waals surface area contributed by atoms with E-state index in [0.717, 1.165) is 45.4 Å². The highest BCUT2D eigenvalue weighted by atomic mass is 16.5. The van der Waals surface area contributed by atoms with Gasteiger partial charge in [-0.25, -0.2) is 4.99 Å². The van der Waals surface area contributed by atoms with Gasteiger partial charge in [-0.15, -0.1) is 0 Å². The lowest BCUT2D eigenvalue weighted by molar-refractivity contribution is 0.0341. The molecule has 2 heterocycles. The highest BCUT2D eigenvalue weighted by Crippen LogP contribution is 2.14. The summed E-state index contributed by atoms with van der Waals surface area (Å²) in [7, 11) is 0. The third-order valence-electron chi connectivity index (χ3n) is 4.35. The van der Waals surface area contributed by atoms with Gasteiger partial charge in [0.05, 0.1) is 26.3 Å². The summed E-state index contributed by atoms with van der Waals surface area (Å²) in [6, 6.07) is 8.48. The van der Waals surface area contributed by atoms with Gasteiger partial charge in [-0.05, 0) is 18.1 Å². The molecule has 0 aliphatic carbocycles. The lowest BCUT2D eigenvalue weighted by Crippen LogP contribution is -2.37. The van der Waals surface area contributed by atoms with Gasteiger partial charge in [0.1, 0.15) is 0 Å². The van der Waals surface area contributed by atoms with Crippen molar-refractivity contribution >= 4 is 5.96 Å². The van der Waals surface area contributed by atoms with Crippen molar-refractivity contribution in [3.63, 3.8) is 0 Å². The number of hydrogen-bond acceptors (Lipinski definition) is 6. The molecule has 1 aromatic heterocycles. The van der Waals surface area contributed by atoms with Crippen LogP contribution in [0.5, 0.6) is 0 Å². The zero-order valence-corrected chi connectivity index (χ0v) is 16.1. The van der Waals surface area contributed by atoms with Crippen molar-refractivity contribution in [1.82, 2.24) is 25.7 Å². The first kappa shape index (κ1) is 19.3. The molecular formula is C19H28N6O2. The first-order valence-corrected chi connectivity index (χ1v) is 9.43. The normalized spacial score (nSPS) is 15.7. The van der Waals surface area contributed by atoms with E-state index in [9.17, 15) is 0 Å². The Morgan fingerprint density at radius 1 is 1.19 bits per heavy atom. The maximum absolute atomic E-state index is 5.44. The van der Waals surface area contributed by atoms with Crippen molar-refractivity contribution in [2.75, 3.05) is 32.8 Å². The number of hydrogen-bond donors (Lipinski definition) is 2. The van der Waals surface area contributed by atoms with Gasteiger partial charge < -0.3 is 19.9 Å². The second-order valence-electron chi connectivity index (χ2n) is 6.44. The molecule has 0 spiro atoms. The second kappa shape index (κ2) is 10.0. The van der Waals surface area contributed by atoms with E-state index in [0.29, 0.717) is 24.8 Å². The number of aliphatic imine (C=N–C) groups is 1. The third-order valence-corrected chi connectivity index (χ3v) is 4.35. The number of aromatic nitrogens is 2. The Morgan fingerprint density at radius 3 is 2.67 bits per heavy atom. The lowest BCUT2D eigenvalue weighted by Gasteiger charge is -2.27. The monoisotopic (exact) mass is 372 g/mol. The summed E-state index contributed by atoms with van der Waals surface area (Å²) in [6.07, 6.45) is 0. The minimum absolute atomic E-state index is 0.471. The Bertz CT molecular complexity index is 739. The van der Waals surface area contributed by atoms with Crippen molar-refractivity contribution in [3.05, 3.63) is 47.1 Å². The van der Waals surface area contributed by atoms with Crippen molar-refractivity contribution in [3.8, 4) is 0 Å². The van der Waals surface area contributed by atoms with Crippen LogP contribution in [0.4, 0.5) is 0 Å². The highest BCUT2D eigenvalue weighted by Gasteiger charge is 2.12. The number of nitrogens with one attached hydrogen (secondary N) is 2. The van der Waals surface area contributed by atoms with Gasteiger partial charge >= 0.3 is 0 Å². The molecular weight excluding hydrogens is 344 g/mol. The van der Waals surface area contributed by atoms with Crippen LogP contribution in [0.15, 0.2) is 33.8 Å². The van der Waals surface area contributed by atoms with Gasteiger partial charge in [0.2, 0.25) is 5.89 Å². The average molecular weight is 372 g/mol. The van der Waals surface area contributed by atoms with E-state index in [1.165, 1.54) is 11.1 Å². The zero-order valence-electron chi connectivity index (χ0n) is 16.1. The number of morpholine rings is 1. The van der Waals surface area contributed by atoms with Crippen LogP contribution in [0.1, 0.15) is 29.8 Å². The molecule has 0 amide bonds. The molecule has 27 heavy (non-hydrogen) atoms. The van der Waals surface area contributed by atoms with Crippen LogP contribution in [0.25, 0.3) is 0 Å². The largest absolute Gasteiger partial charge is 0.379 e. The first-order valence-electron chi connectivity index (χ1n) is 9.43. The molecule has 1 fully saturated rings. The molecule has 3 rings (SSSR count). The Kier molecular flexibility index (Phi) is 7.18. The zero-order chi connectivity index (χ0) is 18.9. The molecule has 1 aromatic carbocycles.